The Labute approximate surface area is 121 Å². The number of para-hydroxylation sites is 1. The van der Waals surface area contributed by atoms with Gasteiger partial charge < -0.3 is 19.9 Å². The van der Waals surface area contributed by atoms with Crippen molar-refractivity contribution in [1.82, 2.24) is 5.32 Å². The van der Waals surface area contributed by atoms with Crippen LogP contribution in [-0.4, -0.2) is 37.9 Å². The summed E-state index contributed by atoms with van der Waals surface area (Å²) in [6, 6.07) is 4.61. The summed E-state index contributed by atoms with van der Waals surface area (Å²) in [4.78, 5) is 11.5. The number of amides is 1. The van der Waals surface area contributed by atoms with Gasteiger partial charge in [-0.05, 0) is 18.6 Å². The van der Waals surface area contributed by atoms with Crippen molar-refractivity contribution in [3.05, 3.63) is 29.8 Å². The van der Waals surface area contributed by atoms with Crippen molar-refractivity contribution in [3.63, 3.8) is 0 Å². The van der Waals surface area contributed by atoms with E-state index in [1.807, 2.05) is 0 Å². The number of aliphatic hydroxyl groups is 1. The predicted octanol–water partition coefficient (Wildman–Crippen LogP) is 1.81. The molecular weight excluding hydrogens is 284 g/mol. The Kier molecular flexibility index (Phi) is 7.17. The van der Waals surface area contributed by atoms with E-state index in [4.69, 9.17) is 9.84 Å². The van der Waals surface area contributed by atoms with Gasteiger partial charge in [-0.15, -0.1) is 0 Å². The Morgan fingerprint density at radius 3 is 2.86 bits per heavy atom. The van der Waals surface area contributed by atoms with E-state index >= 15 is 0 Å². The average molecular weight is 301 g/mol. The minimum absolute atomic E-state index is 0.0216. The molecule has 1 aromatic rings. The highest BCUT2D eigenvalue weighted by Crippen LogP contribution is 2.33. The number of rotatable bonds is 8. The zero-order valence-electron chi connectivity index (χ0n) is 11.5. The van der Waals surface area contributed by atoms with Crippen LogP contribution in [0.4, 0.5) is 8.78 Å². The fourth-order valence-corrected chi connectivity index (χ4v) is 1.56. The molecule has 0 unspecified atom stereocenters. The molecule has 0 aliphatic heterocycles. The molecular formula is C14H17F2NO4. The maximum absolute atomic E-state index is 12.4. The normalized spacial score (nSPS) is 10.9. The molecule has 0 aliphatic carbocycles. The molecule has 1 rings (SSSR count). The highest BCUT2D eigenvalue weighted by molar-refractivity contribution is 5.92. The lowest BCUT2D eigenvalue weighted by Gasteiger charge is -2.12. The van der Waals surface area contributed by atoms with E-state index in [-0.39, 0.29) is 18.1 Å². The molecule has 0 aromatic heterocycles. The lowest BCUT2D eigenvalue weighted by molar-refractivity contribution is -0.116. The van der Waals surface area contributed by atoms with Crippen molar-refractivity contribution in [2.24, 2.45) is 0 Å². The molecule has 0 atom stereocenters. The van der Waals surface area contributed by atoms with Gasteiger partial charge in [-0.3, -0.25) is 4.79 Å². The van der Waals surface area contributed by atoms with Crippen LogP contribution < -0.4 is 14.8 Å². The van der Waals surface area contributed by atoms with Gasteiger partial charge in [-0.1, -0.05) is 12.1 Å². The zero-order valence-corrected chi connectivity index (χ0v) is 11.5. The topological polar surface area (TPSA) is 67.8 Å². The minimum Gasteiger partial charge on any atom is -0.493 e. The van der Waals surface area contributed by atoms with Crippen LogP contribution in [0.15, 0.2) is 24.3 Å². The summed E-state index contributed by atoms with van der Waals surface area (Å²) in [5.74, 6) is -0.373. The van der Waals surface area contributed by atoms with Crippen LogP contribution in [-0.2, 0) is 4.79 Å². The molecule has 0 spiro atoms. The van der Waals surface area contributed by atoms with Gasteiger partial charge in [0.05, 0.1) is 7.11 Å². The van der Waals surface area contributed by atoms with Crippen LogP contribution in [0.3, 0.4) is 0 Å². The van der Waals surface area contributed by atoms with E-state index < -0.39 is 12.5 Å². The van der Waals surface area contributed by atoms with E-state index in [1.54, 1.807) is 6.07 Å². The third kappa shape index (κ3) is 5.78. The molecule has 0 radical (unpaired) electrons. The number of halogens is 2. The smallest absolute Gasteiger partial charge is 0.387 e. The second-order valence-electron chi connectivity index (χ2n) is 3.96. The maximum atomic E-state index is 12.4. The molecule has 0 bridgehead atoms. The predicted molar refractivity (Wildman–Crippen MR) is 73.4 cm³/mol. The van der Waals surface area contributed by atoms with Gasteiger partial charge in [-0.25, -0.2) is 0 Å². The van der Waals surface area contributed by atoms with Crippen LogP contribution in [0.5, 0.6) is 11.5 Å². The standard InChI is InChI=1S/C14H17F2NO4/c1-20-11-5-2-4-10(13(11)21-14(15)16)6-7-12(19)17-8-3-9-18/h2,4-7,14,18H,3,8-9H2,1H3,(H,17,19)/b7-6+. The van der Waals surface area contributed by atoms with Crippen molar-refractivity contribution in [1.29, 1.82) is 0 Å². The van der Waals surface area contributed by atoms with Crippen molar-refractivity contribution in [2.45, 2.75) is 13.0 Å². The Bertz CT molecular complexity index is 492. The van der Waals surface area contributed by atoms with E-state index in [9.17, 15) is 13.6 Å². The molecule has 0 saturated carbocycles. The van der Waals surface area contributed by atoms with Crippen LogP contribution >= 0.6 is 0 Å². The number of hydrogen-bond acceptors (Lipinski definition) is 4. The lowest BCUT2D eigenvalue weighted by atomic mass is 10.1. The molecule has 1 aromatic carbocycles. The van der Waals surface area contributed by atoms with Crippen LogP contribution in [0.25, 0.3) is 6.08 Å². The van der Waals surface area contributed by atoms with Crippen molar-refractivity contribution < 1.29 is 28.2 Å². The molecule has 0 aliphatic rings. The van der Waals surface area contributed by atoms with Gasteiger partial charge in [-0.2, -0.15) is 8.78 Å². The first-order valence-corrected chi connectivity index (χ1v) is 6.27. The number of ether oxygens (including phenoxy) is 2. The summed E-state index contributed by atoms with van der Waals surface area (Å²) in [5, 5.41) is 11.1. The molecule has 5 nitrogen and oxygen atoms in total. The Balaban J connectivity index is 2.84. The Hall–Kier alpha value is -2.15. The fraction of sp³-hybridized carbons (Fsp3) is 0.357. The van der Waals surface area contributed by atoms with Gasteiger partial charge in [0.2, 0.25) is 5.91 Å². The molecule has 0 heterocycles. The number of carbonyl (C=O) groups is 1. The largest absolute Gasteiger partial charge is 0.493 e. The van der Waals surface area contributed by atoms with Gasteiger partial charge >= 0.3 is 6.61 Å². The SMILES string of the molecule is COc1cccc(/C=C/C(=O)NCCCO)c1OC(F)F. The monoisotopic (exact) mass is 301 g/mol. The quantitative estimate of drug-likeness (QED) is 0.567. The summed E-state index contributed by atoms with van der Waals surface area (Å²) in [6.45, 7) is -2.68. The van der Waals surface area contributed by atoms with Crippen LogP contribution in [0.2, 0.25) is 0 Å². The van der Waals surface area contributed by atoms with E-state index in [1.165, 1.54) is 31.4 Å². The second-order valence-corrected chi connectivity index (χ2v) is 3.96. The summed E-state index contributed by atoms with van der Waals surface area (Å²) >= 11 is 0. The Morgan fingerprint density at radius 2 is 2.24 bits per heavy atom. The van der Waals surface area contributed by atoms with Gasteiger partial charge in [0.25, 0.3) is 0 Å². The second kappa shape index (κ2) is 8.91. The lowest BCUT2D eigenvalue weighted by Crippen LogP contribution is -2.22. The highest BCUT2D eigenvalue weighted by Gasteiger charge is 2.13. The third-order valence-corrected chi connectivity index (χ3v) is 2.48. The molecule has 0 saturated heterocycles. The van der Waals surface area contributed by atoms with Crippen molar-refractivity contribution >= 4 is 12.0 Å². The first kappa shape index (κ1) is 16.9. The summed E-state index contributed by atoms with van der Waals surface area (Å²) in [7, 11) is 1.34. The minimum atomic E-state index is -2.99. The van der Waals surface area contributed by atoms with Gasteiger partial charge in [0, 0.05) is 24.8 Å². The number of nitrogens with one attached hydrogen (secondary N) is 1. The van der Waals surface area contributed by atoms with Crippen LogP contribution in [0, 0.1) is 0 Å². The number of carbonyl (C=O) groups excluding carboxylic acids is 1. The molecule has 2 N–H and O–H groups in total. The first-order valence-electron chi connectivity index (χ1n) is 6.27. The number of aliphatic hydroxyl groups excluding tert-OH is 1. The number of hydrogen-bond donors (Lipinski definition) is 2. The van der Waals surface area contributed by atoms with E-state index in [2.05, 4.69) is 10.1 Å². The summed E-state index contributed by atoms with van der Waals surface area (Å²) < 4.78 is 34.2. The number of alkyl halides is 2. The van der Waals surface area contributed by atoms with Crippen molar-refractivity contribution in [2.75, 3.05) is 20.3 Å². The number of benzene rings is 1. The van der Waals surface area contributed by atoms with Crippen LogP contribution in [0.1, 0.15) is 12.0 Å². The fourth-order valence-electron chi connectivity index (χ4n) is 1.56. The molecule has 116 valence electrons. The average Bonchev–Trinajstić information content (AvgIpc) is 2.45. The molecule has 0 fully saturated rings. The van der Waals surface area contributed by atoms with E-state index in [0.29, 0.717) is 18.5 Å². The van der Waals surface area contributed by atoms with Gasteiger partial charge in [0.15, 0.2) is 11.5 Å². The zero-order chi connectivity index (χ0) is 15.7. The highest BCUT2D eigenvalue weighted by atomic mass is 19.3. The summed E-state index contributed by atoms with van der Waals surface area (Å²) in [5.41, 5.74) is 0.298. The molecule has 1 amide bonds. The maximum Gasteiger partial charge on any atom is 0.387 e. The molecule has 21 heavy (non-hydrogen) atoms. The van der Waals surface area contributed by atoms with E-state index in [0.717, 1.165) is 0 Å². The number of methoxy groups -OCH3 is 1. The van der Waals surface area contributed by atoms with Gasteiger partial charge in [0.1, 0.15) is 0 Å². The summed E-state index contributed by atoms with van der Waals surface area (Å²) in [6.07, 6.45) is 3.00. The van der Waals surface area contributed by atoms with Crippen molar-refractivity contribution in [3.8, 4) is 11.5 Å². The Morgan fingerprint density at radius 1 is 1.48 bits per heavy atom. The molecule has 7 heteroatoms. The third-order valence-electron chi connectivity index (χ3n) is 2.48. The first-order chi connectivity index (χ1) is 10.1.